The first-order valence-electron chi connectivity index (χ1n) is 12.3. The molecule has 0 bridgehead atoms. The number of nitrogens with zero attached hydrogens (tertiary/aromatic N) is 3. The molecule has 1 saturated heterocycles. The molecule has 200 valence electrons. The molecular formula is C27H32F3N3O4. The number of methoxy groups -OCH3 is 1. The van der Waals surface area contributed by atoms with E-state index in [1.807, 2.05) is 20.8 Å². The van der Waals surface area contributed by atoms with E-state index in [0.29, 0.717) is 49.1 Å². The molecule has 2 aromatic carbocycles. The number of hydrogen-bond donors (Lipinski definition) is 0. The number of benzene rings is 2. The average molecular weight is 520 g/mol. The quantitative estimate of drug-likeness (QED) is 0.434. The summed E-state index contributed by atoms with van der Waals surface area (Å²) in [6.45, 7) is 6.08. The predicted molar refractivity (Wildman–Crippen MR) is 134 cm³/mol. The number of aromatic nitrogens is 2. The molecule has 2 heterocycles. The number of ether oxygens (including phenoxy) is 2. The molecule has 10 heteroatoms. The molecule has 1 aliphatic heterocycles. The van der Waals surface area contributed by atoms with Crippen molar-refractivity contribution in [3.05, 3.63) is 64.1 Å². The zero-order valence-corrected chi connectivity index (χ0v) is 21.5. The predicted octanol–water partition coefficient (Wildman–Crippen LogP) is 5.84. The van der Waals surface area contributed by atoms with E-state index in [0.717, 1.165) is 6.07 Å². The van der Waals surface area contributed by atoms with Crippen molar-refractivity contribution in [1.82, 2.24) is 14.0 Å². The van der Waals surface area contributed by atoms with Crippen LogP contribution in [0, 0.1) is 0 Å². The van der Waals surface area contributed by atoms with Crippen LogP contribution < -0.4 is 10.4 Å². The second kappa shape index (κ2) is 10.1. The maximum Gasteiger partial charge on any atom is 0.416 e. The van der Waals surface area contributed by atoms with E-state index < -0.39 is 29.1 Å². The molecule has 0 saturated carbocycles. The summed E-state index contributed by atoms with van der Waals surface area (Å²) in [6.07, 6.45) is -3.14. The van der Waals surface area contributed by atoms with Crippen molar-refractivity contribution in [2.24, 2.45) is 0 Å². The van der Waals surface area contributed by atoms with Gasteiger partial charge in [0.25, 0.3) is 0 Å². The van der Waals surface area contributed by atoms with Gasteiger partial charge in [0.05, 0.1) is 24.7 Å². The summed E-state index contributed by atoms with van der Waals surface area (Å²) >= 11 is 0. The number of alkyl halides is 3. The Bertz CT molecular complexity index is 1340. The maximum atomic E-state index is 13.8. The SMILES string of the molecule is COc1cccc2c1n(Cc1ccccc1C(F)(F)F)c(=O)n2C1CCCN(C(=O)OC(C)(C)C)CC1. The fourth-order valence-corrected chi connectivity index (χ4v) is 4.92. The Balaban J connectivity index is 1.74. The van der Waals surface area contributed by atoms with Crippen molar-refractivity contribution >= 4 is 17.1 Å². The Morgan fingerprint density at radius 2 is 1.76 bits per heavy atom. The van der Waals surface area contributed by atoms with E-state index in [9.17, 15) is 22.8 Å². The fourth-order valence-electron chi connectivity index (χ4n) is 4.92. The number of fused-ring (bicyclic) bond motifs is 1. The number of imidazole rings is 1. The van der Waals surface area contributed by atoms with Crippen LogP contribution in [0.2, 0.25) is 0 Å². The highest BCUT2D eigenvalue weighted by atomic mass is 19.4. The molecule has 1 amide bonds. The lowest BCUT2D eigenvalue weighted by molar-refractivity contribution is -0.138. The first kappa shape index (κ1) is 26.6. The second-order valence-corrected chi connectivity index (χ2v) is 10.3. The zero-order valence-electron chi connectivity index (χ0n) is 21.5. The molecule has 1 atom stereocenters. The molecule has 0 aliphatic carbocycles. The molecule has 0 radical (unpaired) electrons. The van der Waals surface area contributed by atoms with Gasteiger partial charge in [0.2, 0.25) is 0 Å². The van der Waals surface area contributed by atoms with Crippen LogP contribution in [0.1, 0.15) is 57.2 Å². The zero-order chi connectivity index (χ0) is 27.0. The molecule has 0 spiro atoms. The molecule has 1 unspecified atom stereocenters. The minimum Gasteiger partial charge on any atom is -0.494 e. The molecule has 1 aromatic heterocycles. The summed E-state index contributed by atoms with van der Waals surface area (Å²) in [5.74, 6) is 0.404. The minimum absolute atomic E-state index is 0.000904. The van der Waals surface area contributed by atoms with Crippen molar-refractivity contribution in [2.75, 3.05) is 20.2 Å². The van der Waals surface area contributed by atoms with Gasteiger partial charge in [-0.3, -0.25) is 9.13 Å². The Morgan fingerprint density at radius 3 is 2.43 bits per heavy atom. The van der Waals surface area contributed by atoms with Gasteiger partial charge < -0.3 is 14.4 Å². The highest BCUT2D eigenvalue weighted by Gasteiger charge is 2.34. The number of para-hydroxylation sites is 1. The molecule has 0 N–H and O–H groups in total. The molecule has 7 nitrogen and oxygen atoms in total. The van der Waals surface area contributed by atoms with Gasteiger partial charge in [0, 0.05) is 19.1 Å². The summed E-state index contributed by atoms with van der Waals surface area (Å²) in [4.78, 5) is 28.1. The van der Waals surface area contributed by atoms with Gasteiger partial charge in [-0.05, 0) is 63.8 Å². The number of amides is 1. The number of likely N-dealkylation sites (tertiary alicyclic amines) is 1. The van der Waals surface area contributed by atoms with Crippen molar-refractivity contribution in [3.63, 3.8) is 0 Å². The van der Waals surface area contributed by atoms with E-state index in [-0.39, 0.29) is 18.2 Å². The number of rotatable bonds is 4. The van der Waals surface area contributed by atoms with Gasteiger partial charge in [-0.15, -0.1) is 0 Å². The topological polar surface area (TPSA) is 65.7 Å². The summed E-state index contributed by atoms with van der Waals surface area (Å²) in [5.41, 5.74) is -0.771. The first-order valence-corrected chi connectivity index (χ1v) is 12.3. The number of hydrogen-bond acceptors (Lipinski definition) is 4. The van der Waals surface area contributed by atoms with Gasteiger partial charge in [0.1, 0.15) is 16.9 Å². The lowest BCUT2D eigenvalue weighted by Gasteiger charge is -2.26. The van der Waals surface area contributed by atoms with Crippen molar-refractivity contribution < 1.29 is 27.4 Å². The standard InChI is InChI=1S/C27H32F3N3O4/c1-26(2,3)37-25(35)31-15-8-10-19(14-16-31)33-21-12-7-13-22(36-4)23(21)32(24(33)34)17-18-9-5-6-11-20(18)27(28,29)30/h5-7,9,11-13,19H,8,10,14-17H2,1-4H3. The van der Waals surface area contributed by atoms with Crippen LogP contribution in [-0.2, 0) is 17.5 Å². The van der Waals surface area contributed by atoms with Crippen LogP contribution in [0.15, 0.2) is 47.3 Å². The van der Waals surface area contributed by atoms with E-state index in [2.05, 4.69) is 0 Å². The Kier molecular flexibility index (Phi) is 7.30. The second-order valence-electron chi connectivity index (χ2n) is 10.3. The Hall–Kier alpha value is -3.43. The molecular weight excluding hydrogens is 487 g/mol. The van der Waals surface area contributed by atoms with Gasteiger partial charge in [-0.2, -0.15) is 13.2 Å². The number of carbonyl (C=O) groups excluding carboxylic acids is 1. The van der Waals surface area contributed by atoms with Crippen LogP contribution in [0.3, 0.4) is 0 Å². The summed E-state index contributed by atoms with van der Waals surface area (Å²) in [7, 11) is 1.47. The smallest absolute Gasteiger partial charge is 0.416 e. The first-order chi connectivity index (χ1) is 17.4. The third-order valence-electron chi connectivity index (χ3n) is 6.53. The van der Waals surface area contributed by atoms with Crippen LogP contribution in [-0.4, -0.2) is 45.9 Å². The van der Waals surface area contributed by atoms with E-state index >= 15 is 0 Å². The van der Waals surface area contributed by atoms with Crippen LogP contribution in [0.5, 0.6) is 5.75 Å². The van der Waals surface area contributed by atoms with E-state index in [1.54, 1.807) is 27.7 Å². The van der Waals surface area contributed by atoms with Crippen LogP contribution in [0.4, 0.5) is 18.0 Å². The molecule has 37 heavy (non-hydrogen) atoms. The summed E-state index contributed by atoms with van der Waals surface area (Å²) < 4.78 is 55.1. The molecule has 1 fully saturated rings. The monoisotopic (exact) mass is 519 g/mol. The highest BCUT2D eigenvalue weighted by molar-refractivity contribution is 5.83. The van der Waals surface area contributed by atoms with Crippen molar-refractivity contribution in [3.8, 4) is 5.75 Å². The summed E-state index contributed by atoms with van der Waals surface area (Å²) in [6, 6.07) is 10.3. The lowest BCUT2D eigenvalue weighted by atomic mass is 10.1. The molecule has 1 aliphatic rings. The van der Waals surface area contributed by atoms with E-state index in [4.69, 9.17) is 9.47 Å². The average Bonchev–Trinajstić information content (AvgIpc) is 2.96. The van der Waals surface area contributed by atoms with Crippen LogP contribution >= 0.6 is 0 Å². The van der Waals surface area contributed by atoms with Gasteiger partial charge >= 0.3 is 18.0 Å². The molecule has 4 rings (SSSR count). The third-order valence-corrected chi connectivity index (χ3v) is 6.53. The Labute approximate surface area is 213 Å². The normalized spacial score (nSPS) is 17.1. The molecule has 3 aromatic rings. The van der Waals surface area contributed by atoms with E-state index in [1.165, 1.54) is 29.9 Å². The summed E-state index contributed by atoms with van der Waals surface area (Å²) in [5, 5.41) is 0. The fraction of sp³-hybridized carbons (Fsp3) is 0.481. The maximum absolute atomic E-state index is 13.8. The van der Waals surface area contributed by atoms with Crippen molar-refractivity contribution in [2.45, 2.75) is 64.4 Å². The Morgan fingerprint density at radius 1 is 1.03 bits per heavy atom. The van der Waals surface area contributed by atoms with Gasteiger partial charge in [-0.1, -0.05) is 24.3 Å². The van der Waals surface area contributed by atoms with Crippen LogP contribution in [0.25, 0.3) is 11.0 Å². The number of halogens is 3. The minimum atomic E-state index is -4.55. The van der Waals surface area contributed by atoms with Crippen molar-refractivity contribution in [1.29, 1.82) is 0 Å². The highest BCUT2D eigenvalue weighted by Crippen LogP contribution is 2.34. The van der Waals surface area contributed by atoms with Gasteiger partial charge in [-0.25, -0.2) is 9.59 Å². The third kappa shape index (κ3) is 5.62. The largest absolute Gasteiger partial charge is 0.494 e. The lowest BCUT2D eigenvalue weighted by Crippen LogP contribution is -2.37. The number of carbonyl (C=O) groups is 1. The van der Waals surface area contributed by atoms with Gasteiger partial charge in [0.15, 0.2) is 0 Å².